The second kappa shape index (κ2) is 5.72. The molecule has 0 amide bonds. The van der Waals surface area contributed by atoms with E-state index in [0.717, 1.165) is 16.7 Å². The molecule has 0 bridgehead atoms. The Morgan fingerprint density at radius 2 is 1.78 bits per heavy atom. The number of fused-ring (bicyclic) bond motifs is 1. The van der Waals surface area contributed by atoms with Gasteiger partial charge in [-0.15, -0.1) is 0 Å². The van der Waals surface area contributed by atoms with Gasteiger partial charge < -0.3 is 9.15 Å². The van der Waals surface area contributed by atoms with E-state index in [0.29, 0.717) is 16.7 Å². The van der Waals surface area contributed by atoms with E-state index in [2.05, 4.69) is 0 Å². The number of carbonyl (C=O) groups excluding carboxylic acids is 1. The molecule has 0 radical (unpaired) electrons. The summed E-state index contributed by atoms with van der Waals surface area (Å²) in [5.41, 5.74) is 2.76. The van der Waals surface area contributed by atoms with E-state index >= 15 is 0 Å². The highest BCUT2D eigenvalue weighted by Crippen LogP contribution is 2.28. The summed E-state index contributed by atoms with van der Waals surface area (Å²) in [5, 5.41) is 0.383. The van der Waals surface area contributed by atoms with E-state index in [9.17, 15) is 9.59 Å². The molecule has 116 valence electrons. The summed E-state index contributed by atoms with van der Waals surface area (Å²) in [4.78, 5) is 24.7. The molecule has 3 aromatic rings. The Morgan fingerprint density at radius 3 is 2.43 bits per heavy atom. The second-order valence-corrected chi connectivity index (χ2v) is 5.40. The lowest BCUT2D eigenvalue weighted by molar-refractivity contribution is 0.0601. The van der Waals surface area contributed by atoms with Crippen molar-refractivity contribution in [3.8, 4) is 11.3 Å². The molecule has 0 N–H and O–H groups in total. The number of rotatable bonds is 2. The van der Waals surface area contributed by atoms with Gasteiger partial charge >= 0.3 is 5.97 Å². The SMILES string of the molecule is COC(=O)c1c(C)c(C)cc2c(=O)cc(-c3ccccc3)oc12. The zero-order valence-electron chi connectivity index (χ0n) is 13.2. The predicted molar refractivity (Wildman–Crippen MR) is 88.7 cm³/mol. The number of hydrogen-bond acceptors (Lipinski definition) is 4. The molecule has 3 rings (SSSR count). The number of ether oxygens (including phenoxy) is 1. The number of esters is 1. The zero-order chi connectivity index (χ0) is 16.6. The molecule has 0 unspecified atom stereocenters. The standard InChI is InChI=1S/C19H16O4/c1-11-9-14-15(20)10-16(13-7-5-4-6-8-13)23-18(14)17(12(11)2)19(21)22-3/h4-10H,1-3H3. The van der Waals surface area contributed by atoms with Crippen LogP contribution >= 0.6 is 0 Å². The summed E-state index contributed by atoms with van der Waals surface area (Å²) in [6, 6.07) is 12.5. The van der Waals surface area contributed by atoms with Crippen molar-refractivity contribution < 1.29 is 13.9 Å². The number of methoxy groups -OCH3 is 1. The molecule has 0 spiro atoms. The van der Waals surface area contributed by atoms with Crippen LogP contribution in [-0.2, 0) is 4.74 Å². The van der Waals surface area contributed by atoms with Crippen LogP contribution in [0.15, 0.2) is 51.7 Å². The highest BCUT2D eigenvalue weighted by molar-refractivity contribution is 6.04. The number of benzene rings is 2. The molecule has 4 heteroatoms. The van der Waals surface area contributed by atoms with Crippen molar-refractivity contribution in [1.82, 2.24) is 0 Å². The fourth-order valence-corrected chi connectivity index (χ4v) is 2.61. The molecular formula is C19H16O4. The molecule has 0 atom stereocenters. The van der Waals surface area contributed by atoms with Gasteiger partial charge in [-0.25, -0.2) is 4.79 Å². The van der Waals surface area contributed by atoms with Gasteiger partial charge in [-0.3, -0.25) is 4.79 Å². The fourth-order valence-electron chi connectivity index (χ4n) is 2.61. The highest BCUT2D eigenvalue weighted by atomic mass is 16.5. The average molecular weight is 308 g/mol. The largest absolute Gasteiger partial charge is 0.465 e. The monoisotopic (exact) mass is 308 g/mol. The topological polar surface area (TPSA) is 56.5 Å². The summed E-state index contributed by atoms with van der Waals surface area (Å²) >= 11 is 0. The van der Waals surface area contributed by atoms with Gasteiger partial charge in [0.25, 0.3) is 0 Å². The van der Waals surface area contributed by atoms with Gasteiger partial charge in [0.1, 0.15) is 11.3 Å². The molecule has 4 nitrogen and oxygen atoms in total. The van der Waals surface area contributed by atoms with Crippen LogP contribution in [0.2, 0.25) is 0 Å². The Kier molecular flexibility index (Phi) is 3.74. The van der Waals surface area contributed by atoms with Gasteiger partial charge in [0.2, 0.25) is 0 Å². The molecule has 1 heterocycles. The lowest BCUT2D eigenvalue weighted by atomic mass is 9.99. The van der Waals surface area contributed by atoms with Gasteiger partial charge in [-0.2, -0.15) is 0 Å². The van der Waals surface area contributed by atoms with Crippen molar-refractivity contribution in [1.29, 1.82) is 0 Å². The van der Waals surface area contributed by atoms with Crippen molar-refractivity contribution in [2.75, 3.05) is 7.11 Å². The van der Waals surface area contributed by atoms with Crippen molar-refractivity contribution in [2.45, 2.75) is 13.8 Å². The van der Waals surface area contributed by atoms with Crippen molar-refractivity contribution >= 4 is 16.9 Å². The first-order valence-electron chi connectivity index (χ1n) is 7.24. The summed E-state index contributed by atoms with van der Waals surface area (Å²) in [6.07, 6.45) is 0. The Labute approximate surface area is 133 Å². The van der Waals surface area contributed by atoms with Crippen molar-refractivity contribution in [3.05, 3.63) is 69.4 Å². The minimum atomic E-state index is -0.510. The van der Waals surface area contributed by atoms with E-state index in [1.807, 2.05) is 44.2 Å². The minimum absolute atomic E-state index is 0.182. The summed E-state index contributed by atoms with van der Waals surface area (Å²) in [7, 11) is 1.31. The maximum atomic E-state index is 12.5. The Balaban J connectivity index is 2.41. The minimum Gasteiger partial charge on any atom is -0.465 e. The van der Waals surface area contributed by atoms with Crippen LogP contribution < -0.4 is 5.43 Å². The molecule has 0 saturated carbocycles. The summed E-state index contributed by atoms with van der Waals surface area (Å²) in [5.74, 6) is -0.0823. The van der Waals surface area contributed by atoms with Crippen LogP contribution in [0, 0.1) is 13.8 Å². The molecule has 23 heavy (non-hydrogen) atoms. The van der Waals surface area contributed by atoms with Crippen LogP contribution in [0.1, 0.15) is 21.5 Å². The van der Waals surface area contributed by atoms with Gasteiger partial charge in [0.15, 0.2) is 11.0 Å². The van der Waals surface area contributed by atoms with Gasteiger partial charge in [-0.1, -0.05) is 30.3 Å². The number of aryl methyl sites for hydroxylation is 1. The molecule has 0 saturated heterocycles. The molecule has 0 aliphatic heterocycles. The average Bonchev–Trinajstić information content (AvgIpc) is 2.57. The Morgan fingerprint density at radius 1 is 1.09 bits per heavy atom. The molecule has 0 aliphatic carbocycles. The van der Waals surface area contributed by atoms with Gasteiger partial charge in [-0.05, 0) is 31.0 Å². The number of carbonyl (C=O) groups is 1. The van der Waals surface area contributed by atoms with E-state index in [1.165, 1.54) is 13.2 Å². The first-order chi connectivity index (χ1) is 11.0. The maximum Gasteiger partial charge on any atom is 0.341 e. The second-order valence-electron chi connectivity index (χ2n) is 5.40. The lowest BCUT2D eigenvalue weighted by Gasteiger charge is -2.11. The maximum absolute atomic E-state index is 12.5. The summed E-state index contributed by atoms with van der Waals surface area (Å²) < 4.78 is 10.8. The molecule has 0 aliphatic rings. The third-order valence-electron chi connectivity index (χ3n) is 3.99. The van der Waals surface area contributed by atoms with E-state index in [1.54, 1.807) is 6.07 Å². The molecule has 2 aromatic carbocycles. The van der Waals surface area contributed by atoms with E-state index < -0.39 is 5.97 Å². The van der Waals surface area contributed by atoms with Crippen LogP contribution in [0.5, 0.6) is 0 Å². The lowest BCUT2D eigenvalue weighted by Crippen LogP contribution is -2.10. The van der Waals surface area contributed by atoms with Crippen molar-refractivity contribution in [3.63, 3.8) is 0 Å². The third-order valence-corrected chi connectivity index (χ3v) is 3.99. The van der Waals surface area contributed by atoms with E-state index in [4.69, 9.17) is 9.15 Å². The van der Waals surface area contributed by atoms with Gasteiger partial charge in [0, 0.05) is 11.6 Å². The van der Waals surface area contributed by atoms with Gasteiger partial charge in [0.05, 0.1) is 12.5 Å². The molecular weight excluding hydrogens is 292 g/mol. The van der Waals surface area contributed by atoms with Crippen LogP contribution in [0.25, 0.3) is 22.3 Å². The smallest absolute Gasteiger partial charge is 0.341 e. The predicted octanol–water partition coefficient (Wildman–Crippen LogP) is 3.86. The van der Waals surface area contributed by atoms with Crippen LogP contribution in [-0.4, -0.2) is 13.1 Å². The molecule has 0 fully saturated rings. The fraction of sp³-hybridized carbons (Fsp3) is 0.158. The third kappa shape index (κ3) is 2.52. The zero-order valence-corrected chi connectivity index (χ0v) is 13.2. The first kappa shape index (κ1) is 15.0. The first-order valence-corrected chi connectivity index (χ1v) is 7.24. The highest BCUT2D eigenvalue weighted by Gasteiger charge is 2.20. The quantitative estimate of drug-likeness (QED) is 0.674. The van der Waals surface area contributed by atoms with Crippen LogP contribution in [0.4, 0.5) is 0 Å². The van der Waals surface area contributed by atoms with E-state index in [-0.39, 0.29) is 11.0 Å². The van der Waals surface area contributed by atoms with Crippen molar-refractivity contribution in [2.24, 2.45) is 0 Å². The molecule has 1 aromatic heterocycles. The Hall–Kier alpha value is -2.88. The normalized spacial score (nSPS) is 10.7. The van der Waals surface area contributed by atoms with Crippen LogP contribution in [0.3, 0.4) is 0 Å². The summed E-state index contributed by atoms with van der Waals surface area (Å²) in [6.45, 7) is 3.67. The number of hydrogen-bond donors (Lipinski definition) is 0. The Bertz CT molecular complexity index is 953.